The van der Waals surface area contributed by atoms with Crippen molar-refractivity contribution in [1.29, 1.82) is 0 Å². The number of phenols is 2. The van der Waals surface area contributed by atoms with Crippen LogP contribution in [-0.2, 0) is 0 Å². The Morgan fingerprint density at radius 3 is 2.77 bits per heavy atom. The molecule has 3 rings (SSSR count). The van der Waals surface area contributed by atoms with E-state index >= 15 is 0 Å². The lowest BCUT2D eigenvalue weighted by Crippen LogP contribution is -1.95. The molecular weight excluding hydrogens is 300 g/mol. The van der Waals surface area contributed by atoms with Gasteiger partial charge in [-0.25, -0.2) is 9.97 Å². The van der Waals surface area contributed by atoms with Gasteiger partial charge in [-0.2, -0.15) is 5.10 Å². The van der Waals surface area contributed by atoms with Crippen LogP contribution in [0.3, 0.4) is 0 Å². The van der Waals surface area contributed by atoms with Gasteiger partial charge in [-0.15, -0.1) is 11.3 Å². The van der Waals surface area contributed by atoms with Crippen LogP contribution in [0, 0.1) is 13.8 Å². The van der Waals surface area contributed by atoms with E-state index in [1.165, 1.54) is 23.3 Å². The van der Waals surface area contributed by atoms with Crippen molar-refractivity contribution < 1.29 is 10.2 Å². The van der Waals surface area contributed by atoms with Crippen molar-refractivity contribution in [3.05, 3.63) is 40.5 Å². The van der Waals surface area contributed by atoms with Crippen molar-refractivity contribution >= 4 is 33.6 Å². The molecule has 0 saturated heterocycles. The van der Waals surface area contributed by atoms with E-state index in [2.05, 4.69) is 20.5 Å². The van der Waals surface area contributed by atoms with Gasteiger partial charge < -0.3 is 10.2 Å². The Hall–Kier alpha value is -2.67. The maximum Gasteiger partial charge on any atom is 0.158 e. The lowest BCUT2D eigenvalue weighted by atomic mass is 10.2. The number of phenolic OH excluding ortho intramolecular Hbond substituents is 2. The largest absolute Gasteiger partial charge is 0.504 e. The molecule has 7 heteroatoms. The van der Waals surface area contributed by atoms with Crippen LogP contribution in [0.5, 0.6) is 11.5 Å². The fourth-order valence-electron chi connectivity index (χ4n) is 2.06. The number of nitrogens with one attached hydrogen (secondary N) is 1. The van der Waals surface area contributed by atoms with E-state index < -0.39 is 0 Å². The summed E-state index contributed by atoms with van der Waals surface area (Å²) in [5.74, 6) is 0.302. The summed E-state index contributed by atoms with van der Waals surface area (Å²) in [4.78, 5) is 10.6. The van der Waals surface area contributed by atoms with Gasteiger partial charge in [-0.05, 0) is 43.2 Å². The molecule has 0 bridgehead atoms. The smallest absolute Gasteiger partial charge is 0.158 e. The Morgan fingerprint density at radius 1 is 1.18 bits per heavy atom. The number of aryl methyl sites for hydroxylation is 2. The minimum absolute atomic E-state index is 0.160. The Kier molecular flexibility index (Phi) is 3.64. The fraction of sp³-hybridized carbons (Fsp3) is 0.133. The van der Waals surface area contributed by atoms with Gasteiger partial charge in [0.2, 0.25) is 0 Å². The highest BCUT2D eigenvalue weighted by Crippen LogP contribution is 2.32. The summed E-state index contributed by atoms with van der Waals surface area (Å²) in [7, 11) is 0. The molecule has 2 aromatic heterocycles. The number of hydrogen-bond acceptors (Lipinski definition) is 7. The zero-order valence-electron chi connectivity index (χ0n) is 12.0. The van der Waals surface area contributed by atoms with Gasteiger partial charge in [0.25, 0.3) is 0 Å². The number of aromatic nitrogens is 2. The highest BCUT2D eigenvalue weighted by atomic mass is 32.1. The molecule has 0 radical (unpaired) electrons. The van der Waals surface area contributed by atoms with Crippen molar-refractivity contribution in [3.63, 3.8) is 0 Å². The summed E-state index contributed by atoms with van der Waals surface area (Å²) < 4.78 is 0. The number of thiophene rings is 1. The zero-order chi connectivity index (χ0) is 15.7. The Labute approximate surface area is 130 Å². The predicted octanol–water partition coefficient (Wildman–Crippen LogP) is 3.17. The third kappa shape index (κ3) is 2.58. The average molecular weight is 314 g/mol. The molecule has 0 saturated carbocycles. The first-order chi connectivity index (χ1) is 10.6. The molecule has 2 heterocycles. The van der Waals surface area contributed by atoms with E-state index in [1.54, 1.807) is 23.6 Å². The number of rotatable bonds is 3. The summed E-state index contributed by atoms with van der Waals surface area (Å²) in [5.41, 5.74) is 4.70. The molecule has 22 heavy (non-hydrogen) atoms. The van der Waals surface area contributed by atoms with Crippen LogP contribution >= 0.6 is 11.3 Å². The molecule has 0 aliphatic carbocycles. The van der Waals surface area contributed by atoms with Crippen LogP contribution in [0.15, 0.2) is 29.6 Å². The van der Waals surface area contributed by atoms with Crippen molar-refractivity contribution in [2.45, 2.75) is 13.8 Å². The van der Waals surface area contributed by atoms with Gasteiger partial charge in [0.1, 0.15) is 11.2 Å². The second-order valence-corrected chi connectivity index (χ2v) is 6.01. The lowest BCUT2D eigenvalue weighted by Gasteiger charge is -2.02. The third-order valence-electron chi connectivity index (χ3n) is 3.35. The lowest BCUT2D eigenvalue weighted by molar-refractivity contribution is 0.403. The van der Waals surface area contributed by atoms with E-state index in [0.717, 1.165) is 15.8 Å². The van der Waals surface area contributed by atoms with Crippen molar-refractivity contribution in [3.8, 4) is 11.5 Å². The molecule has 3 N–H and O–H groups in total. The van der Waals surface area contributed by atoms with Gasteiger partial charge in [0.15, 0.2) is 17.3 Å². The van der Waals surface area contributed by atoms with Crippen LogP contribution < -0.4 is 5.43 Å². The zero-order valence-corrected chi connectivity index (χ0v) is 12.8. The van der Waals surface area contributed by atoms with Gasteiger partial charge in [-0.1, -0.05) is 0 Å². The van der Waals surface area contributed by atoms with E-state index in [1.807, 2.05) is 13.8 Å². The van der Waals surface area contributed by atoms with E-state index in [4.69, 9.17) is 0 Å². The van der Waals surface area contributed by atoms with E-state index in [0.29, 0.717) is 11.4 Å². The van der Waals surface area contributed by atoms with Gasteiger partial charge in [-0.3, -0.25) is 5.43 Å². The number of fused-ring (bicyclic) bond motifs is 1. The van der Waals surface area contributed by atoms with Gasteiger partial charge in [0, 0.05) is 4.88 Å². The molecule has 6 nitrogen and oxygen atoms in total. The molecule has 0 aliphatic rings. The quantitative estimate of drug-likeness (QED) is 0.392. The highest BCUT2D eigenvalue weighted by Gasteiger charge is 2.11. The number of hydrazone groups is 1. The second-order valence-electron chi connectivity index (χ2n) is 4.80. The summed E-state index contributed by atoms with van der Waals surface area (Å²) in [6.45, 7) is 4.08. The van der Waals surface area contributed by atoms with Crippen molar-refractivity contribution in [2.75, 3.05) is 5.43 Å². The standard InChI is InChI=1S/C15H14N4O2S/c1-8-9(2)22-15-13(8)14(16-7-17-15)19-18-6-10-3-4-11(20)12(21)5-10/h3-7,20-21H,1-2H3,(H,16,17,19)/b18-6+. The van der Waals surface area contributed by atoms with Crippen LogP contribution in [0.1, 0.15) is 16.0 Å². The SMILES string of the molecule is Cc1sc2ncnc(N/N=C/c3ccc(O)c(O)c3)c2c1C. The van der Waals surface area contributed by atoms with Crippen molar-refractivity contribution in [2.24, 2.45) is 5.10 Å². The minimum Gasteiger partial charge on any atom is -0.504 e. The van der Waals surface area contributed by atoms with Crippen LogP contribution in [-0.4, -0.2) is 26.4 Å². The third-order valence-corrected chi connectivity index (χ3v) is 4.46. The molecule has 0 spiro atoms. The Morgan fingerprint density at radius 2 is 2.00 bits per heavy atom. The molecule has 0 amide bonds. The molecule has 1 aromatic carbocycles. The van der Waals surface area contributed by atoms with Crippen LogP contribution in [0.2, 0.25) is 0 Å². The van der Waals surface area contributed by atoms with Crippen molar-refractivity contribution in [1.82, 2.24) is 9.97 Å². The molecule has 0 aliphatic heterocycles. The Balaban J connectivity index is 1.87. The van der Waals surface area contributed by atoms with Crippen LogP contribution in [0.25, 0.3) is 10.2 Å². The minimum atomic E-state index is -0.183. The number of nitrogens with zero attached hydrogens (tertiary/aromatic N) is 3. The predicted molar refractivity (Wildman–Crippen MR) is 87.9 cm³/mol. The number of benzene rings is 1. The van der Waals surface area contributed by atoms with E-state index in [-0.39, 0.29) is 11.5 Å². The Bertz CT molecular complexity index is 873. The fourth-order valence-corrected chi connectivity index (χ4v) is 3.05. The number of aromatic hydroxyl groups is 2. The second kappa shape index (κ2) is 5.61. The topological polar surface area (TPSA) is 90.6 Å². The molecule has 112 valence electrons. The van der Waals surface area contributed by atoms with Gasteiger partial charge >= 0.3 is 0 Å². The monoisotopic (exact) mass is 314 g/mol. The highest BCUT2D eigenvalue weighted by molar-refractivity contribution is 7.18. The number of anilines is 1. The maximum absolute atomic E-state index is 9.45. The molecular formula is C15H14N4O2S. The summed E-state index contributed by atoms with van der Waals surface area (Å²) in [6.07, 6.45) is 3.05. The normalized spacial score (nSPS) is 11.4. The summed E-state index contributed by atoms with van der Waals surface area (Å²) >= 11 is 1.62. The summed E-state index contributed by atoms with van der Waals surface area (Å²) in [6, 6.07) is 4.48. The van der Waals surface area contributed by atoms with Crippen LogP contribution in [0.4, 0.5) is 5.82 Å². The summed E-state index contributed by atoms with van der Waals surface area (Å²) in [5, 5.41) is 23.8. The van der Waals surface area contributed by atoms with E-state index in [9.17, 15) is 10.2 Å². The molecule has 0 unspecified atom stereocenters. The maximum atomic E-state index is 9.45. The first-order valence-corrected chi connectivity index (χ1v) is 7.39. The number of hydrogen-bond donors (Lipinski definition) is 3. The van der Waals surface area contributed by atoms with Gasteiger partial charge in [0.05, 0.1) is 11.6 Å². The molecule has 0 atom stereocenters. The first-order valence-electron chi connectivity index (χ1n) is 6.58. The first kappa shape index (κ1) is 14.3. The molecule has 0 fully saturated rings. The average Bonchev–Trinajstić information content (AvgIpc) is 2.79. The molecule has 3 aromatic rings.